The molecule has 0 saturated heterocycles. The average molecular weight is 456 g/mol. The molecule has 10 nitrogen and oxygen atoms in total. The fraction of sp³-hybridized carbons (Fsp3) is 0.143. The molecule has 3 aromatic rings. The molecule has 3 N–H and O–H groups in total. The Hall–Kier alpha value is -3.67. The van der Waals surface area contributed by atoms with Crippen LogP contribution >= 0.6 is 0 Å². The van der Waals surface area contributed by atoms with Crippen molar-refractivity contribution >= 4 is 21.4 Å². The predicted octanol–water partition coefficient (Wildman–Crippen LogP) is 3.36. The van der Waals surface area contributed by atoms with Crippen LogP contribution in [0.5, 0.6) is 0 Å². The lowest BCUT2D eigenvalue weighted by Crippen LogP contribution is -2.36. The lowest BCUT2D eigenvalue weighted by atomic mass is 9.95. The van der Waals surface area contributed by atoms with Gasteiger partial charge in [0.1, 0.15) is 11.3 Å². The minimum Gasteiger partial charge on any atom is -0.322 e. The van der Waals surface area contributed by atoms with Crippen LogP contribution in [0.1, 0.15) is 28.8 Å². The minimum atomic E-state index is -4.29. The first-order valence-corrected chi connectivity index (χ1v) is 11.1. The van der Waals surface area contributed by atoms with E-state index in [0.29, 0.717) is 11.1 Å². The van der Waals surface area contributed by atoms with Crippen molar-refractivity contribution in [1.29, 1.82) is 0 Å². The number of rotatable bonds is 9. The van der Waals surface area contributed by atoms with Crippen LogP contribution in [0.2, 0.25) is 0 Å². The lowest BCUT2D eigenvalue weighted by Gasteiger charge is -2.26. The summed E-state index contributed by atoms with van der Waals surface area (Å²) in [6.45, 7) is 0. The normalized spacial score (nSPS) is 13.3. The zero-order valence-electron chi connectivity index (χ0n) is 16.7. The number of hydrogen-bond donors (Lipinski definition) is 2. The summed E-state index contributed by atoms with van der Waals surface area (Å²) < 4.78 is 28.6. The molecule has 0 spiro atoms. The van der Waals surface area contributed by atoms with E-state index in [1.165, 1.54) is 0 Å². The molecule has 3 aromatic carbocycles. The van der Waals surface area contributed by atoms with Gasteiger partial charge in [-0.2, -0.15) is 0 Å². The van der Waals surface area contributed by atoms with Crippen LogP contribution in [0.15, 0.2) is 78.9 Å². The summed E-state index contributed by atoms with van der Waals surface area (Å²) in [5.41, 5.74) is 5.83. The van der Waals surface area contributed by atoms with Crippen molar-refractivity contribution in [1.82, 2.24) is 4.72 Å². The highest BCUT2D eigenvalue weighted by molar-refractivity contribution is 7.88. The first kappa shape index (κ1) is 23.0. The van der Waals surface area contributed by atoms with E-state index in [4.69, 9.17) is 5.73 Å². The molecule has 0 saturated carbocycles. The molecule has 0 aliphatic rings. The molecule has 2 unspecified atom stereocenters. The van der Waals surface area contributed by atoms with Crippen molar-refractivity contribution in [2.45, 2.75) is 17.8 Å². The molecule has 0 heterocycles. The Bertz CT molecular complexity index is 1190. The van der Waals surface area contributed by atoms with Crippen LogP contribution in [0, 0.1) is 20.2 Å². The van der Waals surface area contributed by atoms with Gasteiger partial charge in [0.25, 0.3) is 11.4 Å². The molecule has 0 aliphatic carbocycles. The lowest BCUT2D eigenvalue weighted by molar-refractivity contribution is -0.395. The molecule has 0 radical (unpaired) electrons. The molecule has 0 amide bonds. The van der Waals surface area contributed by atoms with E-state index in [1.54, 1.807) is 60.7 Å². The molecule has 0 aliphatic heterocycles. The molecular formula is C21H20N4O6S. The van der Waals surface area contributed by atoms with Gasteiger partial charge in [0.15, 0.2) is 0 Å². The Labute approximate surface area is 184 Å². The number of hydrogen-bond acceptors (Lipinski definition) is 7. The largest absolute Gasteiger partial charge is 0.322 e. The van der Waals surface area contributed by atoms with Gasteiger partial charge in [0.2, 0.25) is 10.0 Å². The Morgan fingerprint density at radius 3 is 1.72 bits per heavy atom. The van der Waals surface area contributed by atoms with Crippen LogP contribution < -0.4 is 10.5 Å². The van der Waals surface area contributed by atoms with Crippen molar-refractivity contribution in [2.24, 2.45) is 5.73 Å². The summed E-state index contributed by atoms with van der Waals surface area (Å²) in [5, 5.41) is 22.7. The fourth-order valence-corrected chi connectivity index (χ4v) is 4.78. The quantitative estimate of drug-likeness (QED) is 0.369. The summed E-state index contributed by atoms with van der Waals surface area (Å²) in [7, 11) is -4.29. The Morgan fingerprint density at radius 1 is 0.781 bits per heavy atom. The van der Waals surface area contributed by atoms with Gasteiger partial charge in [-0.25, -0.2) is 13.1 Å². The van der Waals surface area contributed by atoms with Crippen molar-refractivity contribution in [3.05, 3.63) is 116 Å². The highest BCUT2D eigenvalue weighted by Gasteiger charge is 2.32. The monoisotopic (exact) mass is 456 g/mol. The third kappa shape index (κ3) is 5.32. The van der Waals surface area contributed by atoms with E-state index in [1.807, 2.05) is 0 Å². The maximum Gasteiger partial charge on any atom is 0.280 e. The highest BCUT2D eigenvalue weighted by Crippen LogP contribution is 2.32. The minimum absolute atomic E-state index is 0.505. The summed E-state index contributed by atoms with van der Waals surface area (Å²) in [6.07, 6.45) is 0. The van der Waals surface area contributed by atoms with E-state index in [9.17, 15) is 28.6 Å². The molecular weight excluding hydrogens is 436 g/mol. The molecule has 11 heteroatoms. The van der Waals surface area contributed by atoms with Crippen LogP contribution in [0.25, 0.3) is 0 Å². The van der Waals surface area contributed by atoms with Gasteiger partial charge in [0.05, 0.1) is 21.9 Å². The van der Waals surface area contributed by atoms with Crippen molar-refractivity contribution < 1.29 is 18.3 Å². The predicted molar refractivity (Wildman–Crippen MR) is 118 cm³/mol. The van der Waals surface area contributed by atoms with Crippen molar-refractivity contribution in [2.75, 3.05) is 0 Å². The Morgan fingerprint density at radius 2 is 1.25 bits per heavy atom. The Kier molecular flexibility index (Phi) is 6.93. The third-order valence-corrected chi connectivity index (χ3v) is 6.14. The summed E-state index contributed by atoms with van der Waals surface area (Å²) in [6, 6.07) is 18.9. The first-order valence-electron chi connectivity index (χ1n) is 9.46. The smallest absolute Gasteiger partial charge is 0.280 e. The topological polar surface area (TPSA) is 158 Å². The van der Waals surface area contributed by atoms with Gasteiger partial charge in [0, 0.05) is 12.1 Å². The fourth-order valence-electron chi connectivity index (χ4n) is 3.35. The number of nitrogens with zero attached hydrogens (tertiary/aromatic N) is 2. The molecule has 2 atom stereocenters. The Balaban J connectivity index is 2.00. The zero-order valence-corrected chi connectivity index (χ0v) is 17.5. The molecule has 32 heavy (non-hydrogen) atoms. The summed E-state index contributed by atoms with van der Waals surface area (Å²) in [4.78, 5) is 21.0. The van der Waals surface area contributed by atoms with E-state index in [0.717, 1.165) is 18.2 Å². The zero-order chi connectivity index (χ0) is 23.3. The van der Waals surface area contributed by atoms with Gasteiger partial charge >= 0.3 is 0 Å². The van der Waals surface area contributed by atoms with Crippen molar-refractivity contribution in [3.63, 3.8) is 0 Å². The van der Waals surface area contributed by atoms with E-state index in [-0.39, 0.29) is 0 Å². The van der Waals surface area contributed by atoms with Gasteiger partial charge in [-0.1, -0.05) is 60.7 Å². The molecule has 0 fully saturated rings. The number of nitrogens with two attached hydrogens (primary N) is 1. The van der Waals surface area contributed by atoms with Gasteiger partial charge in [-0.3, -0.25) is 20.2 Å². The molecule has 3 rings (SSSR count). The SMILES string of the molecule is NC(c1ccccc1)C(NS(=O)(=O)Cc1c([N+](=O)[O-])cccc1[N+](=O)[O-])c1ccccc1. The average Bonchev–Trinajstić information content (AvgIpc) is 2.78. The second-order valence-electron chi connectivity index (χ2n) is 6.99. The van der Waals surface area contributed by atoms with Crippen LogP contribution in [0.3, 0.4) is 0 Å². The maximum atomic E-state index is 13.1. The number of benzene rings is 3. The number of nitrogens with one attached hydrogen (secondary N) is 1. The first-order chi connectivity index (χ1) is 15.2. The van der Waals surface area contributed by atoms with E-state index in [2.05, 4.69) is 4.72 Å². The summed E-state index contributed by atoms with van der Waals surface area (Å²) in [5.74, 6) is -0.953. The van der Waals surface area contributed by atoms with E-state index >= 15 is 0 Å². The number of sulfonamides is 1. The summed E-state index contributed by atoms with van der Waals surface area (Å²) >= 11 is 0. The standard InChI is InChI=1S/C21H20N4O6S/c22-20(15-8-3-1-4-9-15)21(16-10-5-2-6-11-16)23-32(30,31)14-17-18(24(26)27)12-7-13-19(17)25(28)29/h1-13,20-21,23H,14,22H2. The van der Waals surface area contributed by atoms with Gasteiger partial charge in [-0.05, 0) is 17.2 Å². The number of nitro groups is 2. The third-order valence-electron chi connectivity index (χ3n) is 4.86. The second kappa shape index (κ2) is 9.64. The highest BCUT2D eigenvalue weighted by atomic mass is 32.2. The van der Waals surface area contributed by atoms with Crippen LogP contribution in [-0.4, -0.2) is 18.3 Å². The van der Waals surface area contributed by atoms with Crippen LogP contribution in [0.4, 0.5) is 11.4 Å². The van der Waals surface area contributed by atoms with E-state index < -0.39 is 54.6 Å². The second-order valence-corrected chi connectivity index (χ2v) is 8.74. The van der Waals surface area contributed by atoms with Gasteiger partial charge < -0.3 is 5.73 Å². The molecule has 0 aromatic heterocycles. The maximum absolute atomic E-state index is 13.1. The van der Waals surface area contributed by atoms with Crippen molar-refractivity contribution in [3.8, 4) is 0 Å². The van der Waals surface area contributed by atoms with Crippen LogP contribution in [-0.2, 0) is 15.8 Å². The molecule has 0 bridgehead atoms. The molecule has 166 valence electrons. The number of nitro benzene ring substituents is 2. The van der Waals surface area contributed by atoms with Gasteiger partial charge in [-0.15, -0.1) is 0 Å².